The number of rotatable bonds is 3. The summed E-state index contributed by atoms with van der Waals surface area (Å²) in [6.45, 7) is 8.41. The highest BCUT2D eigenvalue weighted by Gasteiger charge is 2.18. The Morgan fingerprint density at radius 3 is 2.50 bits per heavy atom. The Kier molecular flexibility index (Phi) is 3.55. The maximum atomic E-state index is 5.85. The van der Waals surface area contributed by atoms with Crippen molar-refractivity contribution in [2.75, 3.05) is 6.26 Å². The Morgan fingerprint density at radius 2 is 2.00 bits per heavy atom. The van der Waals surface area contributed by atoms with E-state index in [4.69, 9.17) is 4.43 Å². The van der Waals surface area contributed by atoms with Crippen LogP contribution in [-0.4, -0.2) is 24.5 Å². The summed E-state index contributed by atoms with van der Waals surface area (Å²) in [6.07, 6.45) is 3.78. The van der Waals surface area contributed by atoms with Crippen LogP contribution in [0.2, 0.25) is 19.6 Å². The first kappa shape index (κ1) is 11.5. The lowest BCUT2D eigenvalue weighted by atomic mass is 10.4. The van der Waals surface area contributed by atoms with Crippen molar-refractivity contribution in [1.29, 1.82) is 0 Å². The summed E-state index contributed by atoms with van der Waals surface area (Å²) in [6, 6.07) is 0. The van der Waals surface area contributed by atoms with Gasteiger partial charge in [-0.3, -0.25) is 0 Å². The fraction of sp³-hybridized carbons (Fsp3) is 0.556. The van der Waals surface area contributed by atoms with Crippen LogP contribution in [0.1, 0.15) is 5.56 Å². The minimum absolute atomic E-state index is 0.739. The fourth-order valence-corrected chi connectivity index (χ4v) is 2.02. The minimum atomic E-state index is -1.56. The van der Waals surface area contributed by atoms with E-state index in [0.717, 1.165) is 16.6 Å². The van der Waals surface area contributed by atoms with Crippen molar-refractivity contribution in [3.05, 3.63) is 11.8 Å². The van der Waals surface area contributed by atoms with Crippen molar-refractivity contribution in [3.8, 4) is 5.88 Å². The van der Waals surface area contributed by atoms with E-state index in [1.807, 2.05) is 19.4 Å². The molecular formula is C9H16N2OSSi. The van der Waals surface area contributed by atoms with E-state index in [1.165, 1.54) is 11.8 Å². The number of hydrogen-bond donors (Lipinski definition) is 0. The first-order valence-electron chi connectivity index (χ1n) is 4.49. The second-order valence-electron chi connectivity index (χ2n) is 4.06. The lowest BCUT2D eigenvalue weighted by Gasteiger charge is -2.19. The Hall–Kier alpha value is -0.553. The molecule has 0 aromatic carbocycles. The van der Waals surface area contributed by atoms with Crippen LogP contribution in [0.3, 0.4) is 0 Å². The van der Waals surface area contributed by atoms with Crippen LogP contribution in [0.5, 0.6) is 5.88 Å². The summed E-state index contributed by atoms with van der Waals surface area (Å²) in [5.74, 6) is 0.739. The molecule has 0 unspecified atom stereocenters. The molecule has 14 heavy (non-hydrogen) atoms. The van der Waals surface area contributed by atoms with Crippen LogP contribution >= 0.6 is 11.8 Å². The van der Waals surface area contributed by atoms with Gasteiger partial charge in [-0.2, -0.15) is 4.98 Å². The molecule has 1 heterocycles. The molecule has 5 heteroatoms. The highest BCUT2D eigenvalue weighted by Crippen LogP contribution is 2.20. The molecule has 0 radical (unpaired) electrons. The number of thioether (sulfide) groups is 1. The van der Waals surface area contributed by atoms with Gasteiger partial charge < -0.3 is 4.43 Å². The Balaban J connectivity index is 2.95. The lowest BCUT2D eigenvalue weighted by Crippen LogP contribution is -2.30. The van der Waals surface area contributed by atoms with Crippen molar-refractivity contribution < 1.29 is 4.43 Å². The predicted molar refractivity (Wildman–Crippen MR) is 62.5 cm³/mol. The lowest BCUT2D eigenvalue weighted by molar-refractivity contribution is 0.518. The highest BCUT2D eigenvalue weighted by molar-refractivity contribution is 7.98. The third-order valence-electron chi connectivity index (χ3n) is 1.49. The molecule has 0 bridgehead atoms. The molecule has 3 nitrogen and oxygen atoms in total. The summed E-state index contributed by atoms with van der Waals surface area (Å²) in [5, 5.41) is 0.767. The summed E-state index contributed by atoms with van der Waals surface area (Å²) in [5.41, 5.74) is 1.00. The molecule has 0 aliphatic carbocycles. The summed E-state index contributed by atoms with van der Waals surface area (Å²) in [7, 11) is -1.56. The summed E-state index contributed by atoms with van der Waals surface area (Å²) < 4.78 is 5.85. The Morgan fingerprint density at radius 1 is 1.36 bits per heavy atom. The molecule has 1 aromatic heterocycles. The fourth-order valence-electron chi connectivity index (χ4n) is 0.903. The second kappa shape index (κ2) is 4.31. The van der Waals surface area contributed by atoms with Crippen LogP contribution in [0.15, 0.2) is 11.4 Å². The average molecular weight is 228 g/mol. The van der Waals surface area contributed by atoms with Crippen molar-refractivity contribution >= 4 is 20.1 Å². The molecular weight excluding hydrogens is 212 g/mol. The number of hydrogen-bond acceptors (Lipinski definition) is 4. The Bertz CT molecular complexity index is 325. The number of aryl methyl sites for hydroxylation is 1. The van der Waals surface area contributed by atoms with E-state index in [1.54, 1.807) is 0 Å². The van der Waals surface area contributed by atoms with Crippen molar-refractivity contribution in [3.63, 3.8) is 0 Å². The van der Waals surface area contributed by atoms with E-state index in [0.29, 0.717) is 0 Å². The maximum Gasteiger partial charge on any atom is 0.244 e. The topological polar surface area (TPSA) is 35.0 Å². The van der Waals surface area contributed by atoms with Crippen molar-refractivity contribution in [2.45, 2.75) is 31.7 Å². The van der Waals surface area contributed by atoms with Gasteiger partial charge in [-0.05, 0) is 32.8 Å². The van der Waals surface area contributed by atoms with Crippen LogP contribution in [0.4, 0.5) is 0 Å². The minimum Gasteiger partial charge on any atom is -0.531 e. The molecule has 0 fully saturated rings. The third-order valence-corrected chi connectivity index (χ3v) is 2.86. The highest BCUT2D eigenvalue weighted by atomic mass is 32.2. The first-order chi connectivity index (χ1) is 6.42. The standard InChI is InChI=1S/C9H16N2OSSi/c1-7-6-10-9(13-2)11-8(7)12-14(3,4)5/h6H,1-5H3. The molecule has 0 atom stereocenters. The molecule has 0 aliphatic heterocycles. The largest absolute Gasteiger partial charge is 0.531 e. The van der Waals surface area contributed by atoms with Gasteiger partial charge in [-0.1, -0.05) is 11.8 Å². The van der Waals surface area contributed by atoms with Crippen LogP contribution in [0, 0.1) is 6.92 Å². The smallest absolute Gasteiger partial charge is 0.244 e. The van der Waals surface area contributed by atoms with Gasteiger partial charge in [-0.25, -0.2) is 4.98 Å². The zero-order valence-electron chi connectivity index (χ0n) is 9.29. The molecule has 0 amide bonds. The van der Waals surface area contributed by atoms with Gasteiger partial charge in [0.15, 0.2) is 5.16 Å². The van der Waals surface area contributed by atoms with Gasteiger partial charge in [0.05, 0.1) is 0 Å². The molecule has 0 N–H and O–H groups in total. The SMILES string of the molecule is CSc1ncc(C)c(O[Si](C)(C)C)n1. The van der Waals surface area contributed by atoms with Crippen LogP contribution in [0.25, 0.3) is 0 Å². The van der Waals surface area contributed by atoms with Crippen LogP contribution in [-0.2, 0) is 0 Å². The molecule has 1 rings (SSSR count). The third kappa shape index (κ3) is 3.30. The van der Waals surface area contributed by atoms with Crippen molar-refractivity contribution in [2.24, 2.45) is 0 Å². The van der Waals surface area contributed by atoms with E-state index in [-0.39, 0.29) is 0 Å². The maximum absolute atomic E-state index is 5.85. The average Bonchev–Trinajstić information content (AvgIpc) is 2.06. The summed E-state index contributed by atoms with van der Waals surface area (Å²) >= 11 is 1.53. The van der Waals surface area contributed by atoms with E-state index < -0.39 is 8.32 Å². The zero-order chi connectivity index (χ0) is 10.8. The van der Waals surface area contributed by atoms with Gasteiger partial charge in [-0.15, -0.1) is 0 Å². The second-order valence-corrected chi connectivity index (χ2v) is 9.26. The normalized spacial score (nSPS) is 11.5. The molecule has 0 saturated heterocycles. The van der Waals surface area contributed by atoms with Gasteiger partial charge in [0.25, 0.3) is 0 Å². The van der Waals surface area contributed by atoms with Gasteiger partial charge in [0.2, 0.25) is 14.2 Å². The van der Waals surface area contributed by atoms with E-state index >= 15 is 0 Å². The van der Waals surface area contributed by atoms with Crippen molar-refractivity contribution in [1.82, 2.24) is 9.97 Å². The molecule has 0 aliphatic rings. The predicted octanol–water partition coefficient (Wildman–Crippen LogP) is 2.72. The number of aromatic nitrogens is 2. The molecule has 0 saturated carbocycles. The molecule has 78 valence electrons. The first-order valence-corrected chi connectivity index (χ1v) is 9.12. The quantitative estimate of drug-likeness (QED) is 0.453. The van der Waals surface area contributed by atoms with Gasteiger partial charge in [0, 0.05) is 11.8 Å². The van der Waals surface area contributed by atoms with Gasteiger partial charge >= 0.3 is 0 Å². The van der Waals surface area contributed by atoms with E-state index in [2.05, 4.69) is 29.6 Å². The van der Waals surface area contributed by atoms with E-state index in [9.17, 15) is 0 Å². The zero-order valence-corrected chi connectivity index (χ0v) is 11.1. The Labute approximate surface area is 90.4 Å². The molecule has 1 aromatic rings. The molecule has 0 spiro atoms. The van der Waals surface area contributed by atoms with Gasteiger partial charge in [0.1, 0.15) is 0 Å². The monoisotopic (exact) mass is 228 g/mol. The summed E-state index contributed by atoms with van der Waals surface area (Å²) in [4.78, 5) is 8.52. The van der Waals surface area contributed by atoms with Crippen LogP contribution < -0.4 is 4.43 Å². The number of nitrogens with zero attached hydrogens (tertiary/aromatic N) is 2.